The number of amides is 2. The molecule has 1 aliphatic heterocycles. The van der Waals surface area contributed by atoms with Crippen LogP contribution in [0.25, 0.3) is 0 Å². The molecule has 2 aromatic carbocycles. The third kappa shape index (κ3) is 5.12. The highest BCUT2D eigenvalue weighted by atomic mass is 35.5. The number of fused-ring (bicyclic) bond motifs is 1. The van der Waals surface area contributed by atoms with Gasteiger partial charge in [-0.3, -0.25) is 9.59 Å². The molecule has 1 heterocycles. The van der Waals surface area contributed by atoms with Gasteiger partial charge in [-0.2, -0.15) is 0 Å². The Bertz CT molecular complexity index is 1070. The molecule has 9 heteroatoms. The Morgan fingerprint density at radius 2 is 2.03 bits per heavy atom. The highest BCUT2D eigenvalue weighted by Gasteiger charge is 2.27. The number of anilines is 2. The van der Waals surface area contributed by atoms with Crippen LogP contribution in [-0.4, -0.2) is 31.2 Å². The summed E-state index contributed by atoms with van der Waals surface area (Å²) < 4.78 is 25.9. The number of benzene rings is 2. The number of rotatable bonds is 5. The van der Waals surface area contributed by atoms with E-state index >= 15 is 0 Å². The Labute approximate surface area is 179 Å². The normalized spacial score (nSPS) is 15.1. The lowest BCUT2D eigenvalue weighted by Crippen LogP contribution is -2.25. The standard InChI is InChI=1S/C20H21ClN2O4S2/c1-12-3-4-14(10-16(12)21)22-20(25)9-13(2)29(26,27)15-5-6-18-17(11-15)23-19(24)7-8-28-18/h3-6,10-11,13H,7-9H2,1-2H3,(H,22,25)(H,23,24)/t13-/m1/s1. The lowest BCUT2D eigenvalue weighted by Gasteiger charge is -2.15. The molecule has 29 heavy (non-hydrogen) atoms. The van der Waals surface area contributed by atoms with Gasteiger partial charge in [0.1, 0.15) is 0 Å². The Morgan fingerprint density at radius 3 is 2.76 bits per heavy atom. The summed E-state index contributed by atoms with van der Waals surface area (Å²) >= 11 is 7.56. The first-order valence-electron chi connectivity index (χ1n) is 9.03. The summed E-state index contributed by atoms with van der Waals surface area (Å²) in [5, 5.41) is 5.01. The monoisotopic (exact) mass is 452 g/mol. The van der Waals surface area contributed by atoms with Crippen molar-refractivity contribution in [1.29, 1.82) is 0 Å². The molecule has 0 saturated heterocycles. The van der Waals surface area contributed by atoms with Gasteiger partial charge >= 0.3 is 0 Å². The fourth-order valence-electron chi connectivity index (χ4n) is 2.86. The zero-order valence-electron chi connectivity index (χ0n) is 16.0. The molecule has 1 atom stereocenters. The van der Waals surface area contributed by atoms with Gasteiger partial charge in [-0.25, -0.2) is 8.42 Å². The third-order valence-electron chi connectivity index (χ3n) is 4.60. The molecule has 3 rings (SSSR count). The first-order valence-corrected chi connectivity index (χ1v) is 11.9. The predicted octanol–water partition coefficient (Wildman–Crippen LogP) is 4.27. The van der Waals surface area contributed by atoms with Crippen LogP contribution in [0.3, 0.4) is 0 Å². The molecule has 0 aromatic heterocycles. The maximum atomic E-state index is 13.0. The van der Waals surface area contributed by atoms with Gasteiger partial charge in [-0.1, -0.05) is 17.7 Å². The molecule has 0 aliphatic carbocycles. The number of hydrogen-bond donors (Lipinski definition) is 2. The van der Waals surface area contributed by atoms with Crippen LogP contribution in [0.15, 0.2) is 46.2 Å². The molecule has 2 amide bonds. The van der Waals surface area contributed by atoms with E-state index in [1.54, 1.807) is 24.3 Å². The van der Waals surface area contributed by atoms with E-state index in [1.165, 1.54) is 30.8 Å². The molecule has 154 valence electrons. The van der Waals surface area contributed by atoms with Crippen molar-refractivity contribution in [3.8, 4) is 0 Å². The molecule has 0 unspecified atom stereocenters. The summed E-state index contributed by atoms with van der Waals surface area (Å²) in [6.45, 7) is 3.35. The number of aryl methyl sites for hydroxylation is 1. The zero-order valence-corrected chi connectivity index (χ0v) is 18.4. The summed E-state index contributed by atoms with van der Waals surface area (Å²) in [7, 11) is -3.75. The second-order valence-corrected chi connectivity index (χ2v) is 10.8. The minimum atomic E-state index is -3.75. The number of hydrogen-bond acceptors (Lipinski definition) is 5. The minimum Gasteiger partial charge on any atom is -0.326 e. The van der Waals surface area contributed by atoms with Crippen molar-refractivity contribution in [1.82, 2.24) is 0 Å². The molecule has 0 saturated carbocycles. The van der Waals surface area contributed by atoms with E-state index in [9.17, 15) is 18.0 Å². The first-order chi connectivity index (χ1) is 13.7. The molecule has 1 aliphatic rings. The van der Waals surface area contributed by atoms with E-state index in [2.05, 4.69) is 10.6 Å². The number of thioether (sulfide) groups is 1. The predicted molar refractivity (Wildman–Crippen MR) is 116 cm³/mol. The fraction of sp³-hybridized carbons (Fsp3) is 0.300. The highest BCUT2D eigenvalue weighted by Crippen LogP contribution is 2.33. The van der Waals surface area contributed by atoms with Crippen molar-refractivity contribution in [3.63, 3.8) is 0 Å². The molecular weight excluding hydrogens is 432 g/mol. The van der Waals surface area contributed by atoms with E-state index in [0.29, 0.717) is 28.6 Å². The number of nitrogens with one attached hydrogen (secondary N) is 2. The largest absolute Gasteiger partial charge is 0.326 e. The summed E-state index contributed by atoms with van der Waals surface area (Å²) in [5.74, 6) is 0.0828. The van der Waals surface area contributed by atoms with Crippen LogP contribution in [0.2, 0.25) is 5.02 Å². The second-order valence-electron chi connectivity index (χ2n) is 6.88. The molecule has 0 bridgehead atoms. The number of carbonyl (C=O) groups excluding carboxylic acids is 2. The molecular formula is C20H21ClN2O4S2. The Morgan fingerprint density at radius 1 is 1.28 bits per heavy atom. The van der Waals surface area contributed by atoms with E-state index in [4.69, 9.17) is 11.6 Å². The van der Waals surface area contributed by atoms with Crippen molar-refractivity contribution in [2.45, 2.75) is 41.7 Å². The van der Waals surface area contributed by atoms with Crippen molar-refractivity contribution >= 4 is 56.4 Å². The van der Waals surface area contributed by atoms with Gasteiger partial charge in [0.25, 0.3) is 0 Å². The van der Waals surface area contributed by atoms with Crippen LogP contribution in [-0.2, 0) is 19.4 Å². The lowest BCUT2D eigenvalue weighted by atomic mass is 10.2. The summed E-state index contributed by atoms with van der Waals surface area (Å²) in [6.07, 6.45) is 0.174. The van der Waals surface area contributed by atoms with E-state index < -0.39 is 21.0 Å². The van der Waals surface area contributed by atoms with Crippen molar-refractivity contribution in [2.24, 2.45) is 0 Å². The Hall–Kier alpha value is -2.03. The van der Waals surface area contributed by atoms with Crippen LogP contribution in [0.4, 0.5) is 11.4 Å². The van der Waals surface area contributed by atoms with E-state index in [-0.39, 0.29) is 17.2 Å². The van der Waals surface area contributed by atoms with Crippen LogP contribution < -0.4 is 10.6 Å². The van der Waals surface area contributed by atoms with Gasteiger partial charge in [0, 0.05) is 34.2 Å². The van der Waals surface area contributed by atoms with Gasteiger partial charge in [0.15, 0.2) is 9.84 Å². The summed E-state index contributed by atoms with van der Waals surface area (Å²) in [4.78, 5) is 25.0. The molecule has 0 radical (unpaired) electrons. The molecule has 0 fully saturated rings. The van der Waals surface area contributed by atoms with Crippen molar-refractivity contribution in [3.05, 3.63) is 47.0 Å². The molecule has 2 aromatic rings. The average Bonchev–Trinajstić information content (AvgIpc) is 2.84. The number of sulfone groups is 1. The van der Waals surface area contributed by atoms with Gasteiger partial charge < -0.3 is 10.6 Å². The van der Waals surface area contributed by atoms with E-state index in [0.717, 1.165) is 10.5 Å². The Balaban J connectivity index is 1.74. The van der Waals surface area contributed by atoms with Gasteiger partial charge in [0.2, 0.25) is 11.8 Å². The smallest absolute Gasteiger partial charge is 0.225 e. The van der Waals surface area contributed by atoms with Gasteiger partial charge in [-0.15, -0.1) is 11.8 Å². The third-order valence-corrected chi connectivity index (χ3v) is 8.22. The van der Waals surface area contributed by atoms with Crippen molar-refractivity contribution < 1.29 is 18.0 Å². The number of halogens is 1. The summed E-state index contributed by atoms with van der Waals surface area (Å²) in [6, 6.07) is 9.80. The van der Waals surface area contributed by atoms with Crippen LogP contribution >= 0.6 is 23.4 Å². The van der Waals surface area contributed by atoms with Crippen molar-refractivity contribution in [2.75, 3.05) is 16.4 Å². The van der Waals surface area contributed by atoms with Crippen LogP contribution in [0, 0.1) is 6.92 Å². The topological polar surface area (TPSA) is 92.3 Å². The van der Waals surface area contributed by atoms with Crippen LogP contribution in [0.1, 0.15) is 25.3 Å². The van der Waals surface area contributed by atoms with Crippen LogP contribution in [0.5, 0.6) is 0 Å². The SMILES string of the molecule is Cc1ccc(NC(=O)C[C@@H](C)S(=O)(=O)c2ccc3c(c2)NC(=O)CCS3)cc1Cl. The molecule has 6 nitrogen and oxygen atoms in total. The highest BCUT2D eigenvalue weighted by molar-refractivity contribution is 7.99. The number of carbonyl (C=O) groups is 2. The zero-order chi connectivity index (χ0) is 21.2. The Kier molecular flexibility index (Phi) is 6.55. The first kappa shape index (κ1) is 21.7. The van der Waals surface area contributed by atoms with E-state index in [1.807, 2.05) is 6.92 Å². The van der Waals surface area contributed by atoms with Gasteiger partial charge in [0.05, 0.1) is 15.8 Å². The molecule has 0 spiro atoms. The average molecular weight is 453 g/mol. The van der Waals surface area contributed by atoms with Gasteiger partial charge in [-0.05, 0) is 49.7 Å². The quantitative estimate of drug-likeness (QED) is 0.706. The minimum absolute atomic E-state index is 0.0812. The summed E-state index contributed by atoms with van der Waals surface area (Å²) in [5.41, 5.74) is 1.89. The maximum Gasteiger partial charge on any atom is 0.225 e. The lowest BCUT2D eigenvalue weighted by molar-refractivity contribution is -0.116. The maximum absolute atomic E-state index is 13.0. The second kappa shape index (κ2) is 8.77. The molecule has 2 N–H and O–H groups in total. The fourth-order valence-corrected chi connectivity index (χ4v) is 5.35.